The van der Waals surface area contributed by atoms with Gasteiger partial charge in [-0.3, -0.25) is 0 Å². The summed E-state index contributed by atoms with van der Waals surface area (Å²) in [5.74, 6) is 4.10. The first-order valence-corrected chi connectivity index (χ1v) is 5.48. The first kappa shape index (κ1) is 8.34. The van der Waals surface area contributed by atoms with Crippen LogP contribution < -0.4 is 0 Å². The molecule has 2 aliphatic rings. The third-order valence-corrected chi connectivity index (χ3v) is 3.88. The van der Waals surface area contributed by atoms with Crippen molar-refractivity contribution in [3.63, 3.8) is 0 Å². The zero-order chi connectivity index (χ0) is 8.55. The first-order chi connectivity index (χ1) is 5.81. The number of hydrogen-bond acceptors (Lipinski definition) is 0. The van der Waals surface area contributed by atoms with E-state index in [1.54, 1.807) is 0 Å². The van der Waals surface area contributed by atoms with Crippen molar-refractivity contribution in [2.75, 3.05) is 0 Å². The van der Waals surface area contributed by atoms with Gasteiger partial charge in [-0.25, -0.2) is 0 Å². The van der Waals surface area contributed by atoms with Crippen LogP contribution in [0.15, 0.2) is 12.2 Å². The van der Waals surface area contributed by atoms with Crippen LogP contribution in [-0.4, -0.2) is 0 Å². The van der Waals surface area contributed by atoms with Crippen LogP contribution in [0, 0.1) is 23.7 Å². The number of rotatable bonds is 2. The van der Waals surface area contributed by atoms with Gasteiger partial charge in [-0.05, 0) is 49.4 Å². The van der Waals surface area contributed by atoms with Gasteiger partial charge < -0.3 is 0 Å². The predicted molar refractivity (Wildman–Crippen MR) is 52.9 cm³/mol. The van der Waals surface area contributed by atoms with E-state index in [9.17, 15) is 0 Å². The van der Waals surface area contributed by atoms with Crippen molar-refractivity contribution in [1.29, 1.82) is 0 Å². The van der Waals surface area contributed by atoms with Gasteiger partial charge in [-0.2, -0.15) is 0 Å². The molecule has 4 atom stereocenters. The maximum Gasteiger partial charge on any atom is -0.0202 e. The van der Waals surface area contributed by atoms with Gasteiger partial charge in [0.05, 0.1) is 0 Å². The van der Waals surface area contributed by atoms with Gasteiger partial charge in [0.2, 0.25) is 0 Å². The zero-order valence-electron chi connectivity index (χ0n) is 8.29. The molecule has 4 unspecified atom stereocenters. The molecule has 12 heavy (non-hydrogen) atoms. The van der Waals surface area contributed by atoms with Crippen LogP contribution in [0.4, 0.5) is 0 Å². The molecule has 2 aliphatic carbocycles. The molecule has 0 saturated heterocycles. The Morgan fingerprint density at radius 1 is 1.17 bits per heavy atom. The van der Waals surface area contributed by atoms with Gasteiger partial charge in [0.25, 0.3) is 0 Å². The van der Waals surface area contributed by atoms with E-state index in [1.807, 2.05) is 0 Å². The Labute approximate surface area is 76.1 Å². The Morgan fingerprint density at radius 3 is 2.50 bits per heavy atom. The number of fused-ring (bicyclic) bond motifs is 2. The molecule has 0 aromatic carbocycles. The van der Waals surface area contributed by atoms with Crippen LogP contribution in [0.1, 0.15) is 39.5 Å². The SMILES string of the molecule is CCC=CC1CC2CC1CC2C. The van der Waals surface area contributed by atoms with Crippen LogP contribution >= 0.6 is 0 Å². The molecule has 0 heteroatoms. The van der Waals surface area contributed by atoms with Crippen LogP contribution in [0.3, 0.4) is 0 Å². The van der Waals surface area contributed by atoms with Crippen molar-refractivity contribution in [2.45, 2.75) is 39.5 Å². The van der Waals surface area contributed by atoms with E-state index in [0.29, 0.717) is 0 Å². The van der Waals surface area contributed by atoms with Gasteiger partial charge in [0.1, 0.15) is 0 Å². The lowest BCUT2D eigenvalue weighted by molar-refractivity contribution is 0.310. The smallest absolute Gasteiger partial charge is 0.0202 e. The Morgan fingerprint density at radius 2 is 2.00 bits per heavy atom. The average molecular weight is 164 g/mol. The fraction of sp³-hybridized carbons (Fsp3) is 0.833. The topological polar surface area (TPSA) is 0 Å². The predicted octanol–water partition coefficient (Wildman–Crippen LogP) is 3.63. The third kappa shape index (κ3) is 1.32. The van der Waals surface area contributed by atoms with E-state index in [1.165, 1.54) is 25.7 Å². The van der Waals surface area contributed by atoms with Gasteiger partial charge in [-0.1, -0.05) is 26.0 Å². The molecule has 0 N–H and O–H groups in total. The van der Waals surface area contributed by atoms with Crippen molar-refractivity contribution in [3.8, 4) is 0 Å². The highest BCUT2D eigenvalue weighted by molar-refractivity contribution is 5.02. The molecule has 0 aliphatic heterocycles. The quantitative estimate of drug-likeness (QED) is 0.547. The first-order valence-electron chi connectivity index (χ1n) is 5.48. The highest BCUT2D eigenvalue weighted by atomic mass is 14.5. The molecule has 0 nitrogen and oxygen atoms in total. The minimum atomic E-state index is 0.950. The molecule has 0 spiro atoms. The number of hydrogen-bond donors (Lipinski definition) is 0. The standard InChI is InChI=1S/C12H20/c1-3-4-5-10-7-11-8-12(10)6-9(11)2/h4-5,9-12H,3,6-8H2,1-2H3. The highest BCUT2D eigenvalue weighted by Crippen LogP contribution is 2.51. The van der Waals surface area contributed by atoms with Crippen LogP contribution in [-0.2, 0) is 0 Å². The van der Waals surface area contributed by atoms with Crippen molar-refractivity contribution >= 4 is 0 Å². The molecule has 2 saturated carbocycles. The summed E-state index contributed by atoms with van der Waals surface area (Å²) in [6.45, 7) is 4.66. The summed E-state index contributed by atoms with van der Waals surface area (Å²) < 4.78 is 0. The molecule has 0 aromatic heterocycles. The Kier molecular flexibility index (Phi) is 2.25. The lowest BCUT2D eigenvalue weighted by Gasteiger charge is -2.22. The Hall–Kier alpha value is -0.260. The minimum absolute atomic E-state index is 0.950. The molecule has 0 heterocycles. The van der Waals surface area contributed by atoms with E-state index in [4.69, 9.17) is 0 Å². The van der Waals surface area contributed by atoms with Gasteiger partial charge in [-0.15, -0.1) is 0 Å². The van der Waals surface area contributed by atoms with Crippen molar-refractivity contribution in [3.05, 3.63) is 12.2 Å². The average Bonchev–Trinajstić information content (AvgIpc) is 2.58. The normalized spacial score (nSPS) is 46.2. The summed E-state index contributed by atoms with van der Waals surface area (Å²) in [7, 11) is 0. The summed E-state index contributed by atoms with van der Waals surface area (Å²) in [5, 5.41) is 0. The lowest BCUT2D eigenvalue weighted by Crippen LogP contribution is -2.13. The second-order valence-corrected chi connectivity index (χ2v) is 4.70. The molecule has 2 fully saturated rings. The molecule has 0 aromatic rings. The van der Waals surface area contributed by atoms with Gasteiger partial charge >= 0.3 is 0 Å². The van der Waals surface area contributed by atoms with Gasteiger partial charge in [0, 0.05) is 0 Å². The minimum Gasteiger partial charge on any atom is -0.0885 e. The second-order valence-electron chi connectivity index (χ2n) is 4.70. The number of allylic oxidation sites excluding steroid dienone is 2. The second kappa shape index (κ2) is 3.24. The maximum absolute atomic E-state index is 2.48. The maximum atomic E-state index is 2.48. The van der Waals surface area contributed by atoms with Crippen molar-refractivity contribution in [1.82, 2.24) is 0 Å². The summed E-state index contributed by atoms with van der Waals surface area (Å²) >= 11 is 0. The molecular weight excluding hydrogens is 144 g/mol. The van der Waals surface area contributed by atoms with E-state index in [0.717, 1.165) is 23.7 Å². The molecule has 0 amide bonds. The zero-order valence-corrected chi connectivity index (χ0v) is 8.29. The molecule has 68 valence electrons. The summed E-state index contributed by atoms with van der Waals surface area (Å²) in [4.78, 5) is 0. The largest absolute Gasteiger partial charge is 0.0885 e. The fourth-order valence-electron chi connectivity index (χ4n) is 3.15. The van der Waals surface area contributed by atoms with Crippen LogP contribution in [0.25, 0.3) is 0 Å². The summed E-state index contributed by atoms with van der Waals surface area (Å²) in [6, 6.07) is 0. The van der Waals surface area contributed by atoms with Crippen molar-refractivity contribution in [2.24, 2.45) is 23.7 Å². The van der Waals surface area contributed by atoms with Crippen molar-refractivity contribution < 1.29 is 0 Å². The van der Waals surface area contributed by atoms with E-state index < -0.39 is 0 Å². The monoisotopic (exact) mass is 164 g/mol. The summed E-state index contributed by atoms with van der Waals surface area (Å²) in [6.07, 6.45) is 10.6. The molecular formula is C12H20. The molecule has 2 bridgehead atoms. The molecule has 2 rings (SSSR count). The lowest BCUT2D eigenvalue weighted by atomic mass is 9.83. The summed E-state index contributed by atoms with van der Waals surface area (Å²) in [5.41, 5.74) is 0. The third-order valence-electron chi connectivity index (χ3n) is 3.88. The Balaban J connectivity index is 1.94. The van der Waals surface area contributed by atoms with Gasteiger partial charge in [0.15, 0.2) is 0 Å². The van der Waals surface area contributed by atoms with Crippen LogP contribution in [0.2, 0.25) is 0 Å². The van der Waals surface area contributed by atoms with Crippen LogP contribution in [0.5, 0.6) is 0 Å². The fourth-order valence-corrected chi connectivity index (χ4v) is 3.15. The van der Waals surface area contributed by atoms with E-state index in [2.05, 4.69) is 26.0 Å². The van der Waals surface area contributed by atoms with E-state index in [-0.39, 0.29) is 0 Å². The Bertz CT molecular complexity index is 178. The van der Waals surface area contributed by atoms with E-state index >= 15 is 0 Å². The molecule has 0 radical (unpaired) electrons. The highest BCUT2D eigenvalue weighted by Gasteiger charge is 2.42.